The highest BCUT2D eigenvalue weighted by Crippen LogP contribution is 2.40. The molecule has 1 aliphatic carbocycles. The number of hydrogen-bond acceptors (Lipinski definition) is 7. The summed E-state index contributed by atoms with van der Waals surface area (Å²) < 4.78 is 39.0. The standard InChI is InChI=1S/C27H32F2N4O2S/c1-4-31-20(15-9-11-18(28)12-10-15)14-22(36)16-5-7-17(8-6-16)27-32-24-19(26(30)33-27)13-21(34-2)25(35-3)23(24)29/h9-13,16-17,20,31H,4-8,14H2,1-3H3,(H2,30,32,33)/t16?,17?,20-/m1/s1. The molecule has 0 saturated heterocycles. The first kappa shape index (κ1) is 26.2. The molecule has 0 bridgehead atoms. The summed E-state index contributed by atoms with van der Waals surface area (Å²) in [5.41, 5.74) is 7.38. The molecule has 9 heteroatoms. The van der Waals surface area contributed by atoms with Crippen LogP contribution in [0.4, 0.5) is 14.6 Å². The highest BCUT2D eigenvalue weighted by Gasteiger charge is 2.29. The maximum Gasteiger partial charge on any atom is 0.199 e. The van der Waals surface area contributed by atoms with Crippen LogP contribution in [0.25, 0.3) is 10.9 Å². The van der Waals surface area contributed by atoms with Gasteiger partial charge in [-0.1, -0.05) is 31.3 Å². The molecule has 3 aromatic rings. The lowest BCUT2D eigenvalue weighted by Gasteiger charge is -2.30. The van der Waals surface area contributed by atoms with Gasteiger partial charge in [0.25, 0.3) is 0 Å². The topological polar surface area (TPSA) is 82.3 Å². The molecule has 1 saturated carbocycles. The van der Waals surface area contributed by atoms with Crippen molar-refractivity contribution in [1.82, 2.24) is 15.3 Å². The Kier molecular flexibility index (Phi) is 8.31. The summed E-state index contributed by atoms with van der Waals surface area (Å²) in [5.74, 6) is 0.543. The Bertz CT molecular complexity index is 1230. The molecular weight excluding hydrogens is 482 g/mol. The second-order valence-electron chi connectivity index (χ2n) is 9.17. The van der Waals surface area contributed by atoms with E-state index in [1.54, 1.807) is 6.07 Å². The molecular formula is C27H32F2N4O2S. The van der Waals surface area contributed by atoms with Crippen LogP contribution < -0.4 is 20.5 Å². The van der Waals surface area contributed by atoms with Crippen LogP contribution in [0.3, 0.4) is 0 Å². The summed E-state index contributed by atoms with van der Waals surface area (Å²) in [7, 11) is 2.83. The molecule has 0 unspecified atom stereocenters. The van der Waals surface area contributed by atoms with Gasteiger partial charge in [-0.15, -0.1) is 0 Å². The van der Waals surface area contributed by atoms with E-state index in [0.29, 0.717) is 17.1 Å². The van der Waals surface area contributed by atoms with Crippen molar-refractivity contribution in [1.29, 1.82) is 0 Å². The van der Waals surface area contributed by atoms with Gasteiger partial charge in [-0.2, -0.15) is 0 Å². The summed E-state index contributed by atoms with van der Waals surface area (Å²) in [6.45, 7) is 2.85. The molecule has 2 aromatic carbocycles. The Labute approximate surface area is 215 Å². The molecule has 4 rings (SSSR count). The minimum absolute atomic E-state index is 0.000459. The van der Waals surface area contributed by atoms with Crippen molar-refractivity contribution in [3.05, 3.63) is 53.4 Å². The number of nitrogens with two attached hydrogens (primary N) is 1. The van der Waals surface area contributed by atoms with Crippen LogP contribution in [-0.2, 0) is 0 Å². The Morgan fingerprint density at radius 2 is 1.81 bits per heavy atom. The fourth-order valence-corrected chi connectivity index (χ4v) is 5.44. The van der Waals surface area contributed by atoms with Gasteiger partial charge < -0.3 is 20.5 Å². The third-order valence-electron chi connectivity index (χ3n) is 7.00. The van der Waals surface area contributed by atoms with E-state index in [9.17, 15) is 4.39 Å². The van der Waals surface area contributed by atoms with Crippen LogP contribution >= 0.6 is 12.2 Å². The zero-order valence-electron chi connectivity index (χ0n) is 20.8. The Morgan fingerprint density at radius 1 is 1.11 bits per heavy atom. The highest BCUT2D eigenvalue weighted by atomic mass is 32.1. The van der Waals surface area contributed by atoms with E-state index in [0.717, 1.165) is 49.1 Å². The number of nitrogens with zero attached hydrogens (tertiary/aromatic N) is 2. The maximum absolute atomic E-state index is 15.2. The predicted octanol–water partition coefficient (Wildman–Crippen LogP) is 5.89. The van der Waals surface area contributed by atoms with Gasteiger partial charge >= 0.3 is 0 Å². The molecule has 0 radical (unpaired) electrons. The number of thiocarbonyl (C=S) groups is 1. The zero-order valence-corrected chi connectivity index (χ0v) is 21.6. The Balaban J connectivity index is 1.47. The normalized spacial score (nSPS) is 18.7. The Morgan fingerprint density at radius 3 is 2.42 bits per heavy atom. The molecule has 3 N–H and O–H groups in total. The molecule has 0 amide bonds. The minimum Gasteiger partial charge on any atom is -0.493 e. The molecule has 6 nitrogen and oxygen atoms in total. The van der Waals surface area contributed by atoms with Crippen molar-refractivity contribution in [3.63, 3.8) is 0 Å². The number of anilines is 1. The van der Waals surface area contributed by atoms with Crippen molar-refractivity contribution < 1.29 is 18.3 Å². The zero-order chi connectivity index (χ0) is 25.8. The molecule has 1 atom stereocenters. The van der Waals surface area contributed by atoms with Crippen molar-refractivity contribution in [2.45, 2.75) is 51.0 Å². The second kappa shape index (κ2) is 11.4. The minimum atomic E-state index is -0.604. The lowest BCUT2D eigenvalue weighted by Crippen LogP contribution is -2.27. The second-order valence-corrected chi connectivity index (χ2v) is 9.69. The first-order valence-electron chi connectivity index (χ1n) is 12.2. The fraction of sp³-hybridized carbons (Fsp3) is 0.444. The van der Waals surface area contributed by atoms with Gasteiger partial charge in [0.2, 0.25) is 0 Å². The van der Waals surface area contributed by atoms with Crippen molar-refractivity contribution in [2.75, 3.05) is 26.5 Å². The summed E-state index contributed by atoms with van der Waals surface area (Å²) in [4.78, 5) is 10.1. The van der Waals surface area contributed by atoms with E-state index >= 15 is 4.39 Å². The average molecular weight is 515 g/mol. The van der Waals surface area contributed by atoms with E-state index in [1.165, 1.54) is 26.4 Å². The van der Waals surface area contributed by atoms with Crippen LogP contribution in [0.1, 0.15) is 62.4 Å². The lowest BCUT2D eigenvalue weighted by atomic mass is 9.78. The van der Waals surface area contributed by atoms with Crippen molar-refractivity contribution in [3.8, 4) is 11.5 Å². The SMILES string of the molecule is CCN[C@H](CC(=S)C1CCC(c2nc(N)c3cc(OC)c(OC)c(F)c3n2)CC1)c1ccc(F)cc1. The van der Waals surface area contributed by atoms with Gasteiger partial charge in [0.15, 0.2) is 17.3 Å². The number of ether oxygens (including phenoxy) is 2. The van der Waals surface area contributed by atoms with Gasteiger partial charge in [0.05, 0.1) is 14.2 Å². The quantitative estimate of drug-likeness (QED) is 0.345. The van der Waals surface area contributed by atoms with Crippen molar-refractivity contribution in [2.24, 2.45) is 5.92 Å². The number of nitrogens with one attached hydrogen (secondary N) is 1. The number of nitrogen functional groups attached to an aromatic ring is 1. The summed E-state index contributed by atoms with van der Waals surface area (Å²) >= 11 is 5.86. The number of rotatable bonds is 9. The highest BCUT2D eigenvalue weighted by molar-refractivity contribution is 7.80. The number of methoxy groups -OCH3 is 2. The Hall–Kier alpha value is -2.91. The largest absolute Gasteiger partial charge is 0.493 e. The van der Waals surface area contributed by atoms with Crippen LogP contribution in [0.15, 0.2) is 30.3 Å². The molecule has 1 heterocycles. The third-order valence-corrected chi connectivity index (χ3v) is 7.50. The monoisotopic (exact) mass is 514 g/mol. The van der Waals surface area contributed by atoms with E-state index in [2.05, 4.69) is 22.2 Å². The summed E-state index contributed by atoms with van der Waals surface area (Å²) in [6.07, 6.45) is 4.21. The smallest absolute Gasteiger partial charge is 0.199 e. The molecule has 1 aromatic heterocycles. The predicted molar refractivity (Wildman–Crippen MR) is 142 cm³/mol. The number of fused-ring (bicyclic) bond motifs is 1. The molecule has 1 aliphatic rings. The number of aromatic nitrogens is 2. The van der Waals surface area contributed by atoms with Crippen LogP contribution in [0, 0.1) is 17.6 Å². The molecule has 1 fully saturated rings. The average Bonchev–Trinajstić information content (AvgIpc) is 2.89. The molecule has 0 aliphatic heterocycles. The molecule has 0 spiro atoms. The fourth-order valence-electron chi connectivity index (χ4n) is 5.04. The molecule has 36 heavy (non-hydrogen) atoms. The summed E-state index contributed by atoms with van der Waals surface area (Å²) in [5, 5.41) is 3.87. The van der Waals surface area contributed by atoms with Gasteiger partial charge in [-0.25, -0.2) is 18.7 Å². The first-order chi connectivity index (χ1) is 17.4. The molecule has 192 valence electrons. The van der Waals surface area contributed by atoms with E-state index in [4.69, 9.17) is 27.4 Å². The third kappa shape index (κ3) is 5.42. The number of hydrogen-bond donors (Lipinski definition) is 2. The van der Waals surface area contributed by atoms with Gasteiger partial charge in [-0.05, 0) is 73.2 Å². The van der Waals surface area contributed by atoms with E-state index in [-0.39, 0.29) is 40.6 Å². The number of halogens is 2. The van der Waals surface area contributed by atoms with Crippen LogP contribution in [0.2, 0.25) is 0 Å². The van der Waals surface area contributed by atoms with Crippen LogP contribution in [-0.4, -0.2) is 35.6 Å². The summed E-state index contributed by atoms with van der Waals surface area (Å²) in [6, 6.07) is 8.25. The van der Waals surface area contributed by atoms with Gasteiger partial charge in [0.1, 0.15) is 23.0 Å². The maximum atomic E-state index is 15.2. The van der Waals surface area contributed by atoms with Gasteiger partial charge in [-0.3, -0.25) is 0 Å². The van der Waals surface area contributed by atoms with E-state index < -0.39 is 5.82 Å². The van der Waals surface area contributed by atoms with Crippen LogP contribution in [0.5, 0.6) is 11.5 Å². The van der Waals surface area contributed by atoms with Gasteiger partial charge in [0, 0.05) is 17.3 Å². The lowest BCUT2D eigenvalue weighted by molar-refractivity contribution is 0.339. The number of benzene rings is 2. The van der Waals surface area contributed by atoms with Crippen molar-refractivity contribution >= 4 is 33.8 Å². The first-order valence-corrected chi connectivity index (χ1v) is 12.7. The van der Waals surface area contributed by atoms with E-state index in [1.807, 2.05) is 12.1 Å².